The van der Waals surface area contributed by atoms with Crippen LogP contribution in [0.1, 0.15) is 53.7 Å². The second-order valence-electron chi connectivity index (χ2n) is 9.85. The number of nitrogens with zero attached hydrogens (tertiary/aromatic N) is 4. The molecule has 1 saturated carbocycles. The minimum Gasteiger partial charge on any atom is -0.464 e. The highest BCUT2D eigenvalue weighted by atomic mass is 19.1. The van der Waals surface area contributed by atoms with Crippen LogP contribution in [0, 0.1) is 11.6 Å². The summed E-state index contributed by atoms with van der Waals surface area (Å²) < 4.78 is 34.5. The number of rotatable bonds is 9. The number of aromatic nitrogens is 2. The number of methoxy groups -OCH3 is 1. The Hall–Kier alpha value is -3.33. The van der Waals surface area contributed by atoms with Gasteiger partial charge in [-0.25, -0.2) is 18.6 Å². The summed E-state index contributed by atoms with van der Waals surface area (Å²) in [5.41, 5.74) is 2.26. The first-order valence-corrected chi connectivity index (χ1v) is 12.3. The van der Waals surface area contributed by atoms with Crippen LogP contribution in [0.25, 0.3) is 10.9 Å². The van der Waals surface area contributed by atoms with Crippen LogP contribution >= 0.6 is 0 Å². The van der Waals surface area contributed by atoms with Gasteiger partial charge in [0, 0.05) is 54.8 Å². The first-order valence-electron chi connectivity index (χ1n) is 12.3. The molecule has 0 N–H and O–H groups in total. The molecule has 1 saturated heterocycles. The Bertz CT molecular complexity index is 1300. The molecule has 1 atom stereocenters. The van der Waals surface area contributed by atoms with Crippen molar-refractivity contribution in [2.75, 3.05) is 20.7 Å². The van der Waals surface area contributed by atoms with Crippen molar-refractivity contribution in [1.29, 1.82) is 0 Å². The number of amides is 1. The third kappa shape index (κ3) is 4.97. The number of esters is 1. The van der Waals surface area contributed by atoms with E-state index in [-0.39, 0.29) is 18.1 Å². The molecule has 2 aliphatic rings. The lowest BCUT2D eigenvalue weighted by Crippen LogP contribution is -2.37. The van der Waals surface area contributed by atoms with Gasteiger partial charge in [0.1, 0.15) is 17.3 Å². The maximum absolute atomic E-state index is 14.4. The first-order chi connectivity index (χ1) is 17.3. The number of benzene rings is 1. The van der Waals surface area contributed by atoms with Gasteiger partial charge in [-0.3, -0.25) is 4.79 Å². The van der Waals surface area contributed by atoms with E-state index in [2.05, 4.69) is 14.8 Å². The van der Waals surface area contributed by atoms with Crippen molar-refractivity contribution < 1.29 is 23.1 Å². The molecule has 1 aliphatic carbocycles. The van der Waals surface area contributed by atoms with Gasteiger partial charge in [-0.05, 0) is 50.4 Å². The number of carbonyl (C=O) groups is 2. The van der Waals surface area contributed by atoms with Gasteiger partial charge in [-0.2, -0.15) is 0 Å². The van der Waals surface area contributed by atoms with Gasteiger partial charge < -0.3 is 19.1 Å². The highest BCUT2D eigenvalue weighted by Gasteiger charge is 2.40. The summed E-state index contributed by atoms with van der Waals surface area (Å²) in [5.74, 6) is -1.48. The monoisotopic (exact) mass is 496 g/mol. The summed E-state index contributed by atoms with van der Waals surface area (Å²) >= 11 is 0. The summed E-state index contributed by atoms with van der Waals surface area (Å²) in [6, 6.07) is 5.99. The van der Waals surface area contributed by atoms with Crippen LogP contribution in [0.4, 0.5) is 8.78 Å². The Morgan fingerprint density at radius 1 is 1.19 bits per heavy atom. The van der Waals surface area contributed by atoms with Crippen molar-refractivity contribution in [3.05, 3.63) is 65.1 Å². The largest absolute Gasteiger partial charge is 0.464 e. The summed E-state index contributed by atoms with van der Waals surface area (Å²) in [6.45, 7) is 1.62. The number of pyridine rings is 1. The highest BCUT2D eigenvalue weighted by molar-refractivity contribution is 5.93. The Kier molecular flexibility index (Phi) is 6.75. The maximum atomic E-state index is 14.4. The zero-order valence-corrected chi connectivity index (χ0v) is 20.5. The second-order valence-corrected chi connectivity index (χ2v) is 9.85. The number of hydrogen-bond acceptors (Lipinski definition) is 5. The number of ether oxygens (including phenoxy) is 1. The van der Waals surface area contributed by atoms with Gasteiger partial charge in [-0.15, -0.1) is 0 Å². The minimum atomic E-state index is -0.621. The number of likely N-dealkylation sites (tertiary alicyclic amines) is 1. The van der Waals surface area contributed by atoms with Crippen molar-refractivity contribution in [1.82, 2.24) is 19.4 Å². The van der Waals surface area contributed by atoms with Crippen molar-refractivity contribution in [3.8, 4) is 0 Å². The van der Waals surface area contributed by atoms with Gasteiger partial charge >= 0.3 is 5.97 Å². The average molecular weight is 497 g/mol. The zero-order chi connectivity index (χ0) is 25.4. The molecule has 36 heavy (non-hydrogen) atoms. The third-order valence-corrected chi connectivity index (χ3v) is 7.20. The van der Waals surface area contributed by atoms with Crippen molar-refractivity contribution in [3.63, 3.8) is 0 Å². The predicted octanol–water partition coefficient (Wildman–Crippen LogP) is 4.12. The topological polar surface area (TPSA) is 67.7 Å². The van der Waals surface area contributed by atoms with Gasteiger partial charge in [0.2, 0.25) is 5.91 Å². The van der Waals surface area contributed by atoms with E-state index in [0.717, 1.165) is 54.8 Å². The number of halogens is 2. The molecular formula is C27H30F2N4O3. The Balaban J connectivity index is 1.37. The van der Waals surface area contributed by atoms with Crippen LogP contribution in [0.15, 0.2) is 36.7 Å². The summed E-state index contributed by atoms with van der Waals surface area (Å²) in [4.78, 5) is 32.9. The molecule has 3 heterocycles. The van der Waals surface area contributed by atoms with Gasteiger partial charge in [0.05, 0.1) is 25.4 Å². The van der Waals surface area contributed by atoms with Gasteiger partial charge in [0.15, 0.2) is 0 Å². The molecule has 1 aliphatic heterocycles. The molecule has 7 nitrogen and oxygen atoms in total. The van der Waals surface area contributed by atoms with Crippen LogP contribution in [-0.4, -0.2) is 64.0 Å². The number of carbonyl (C=O) groups excluding carboxylic acids is 2. The molecular weight excluding hydrogens is 466 g/mol. The normalized spacial score (nSPS) is 18.0. The van der Waals surface area contributed by atoms with E-state index in [0.29, 0.717) is 30.6 Å². The van der Waals surface area contributed by atoms with E-state index >= 15 is 0 Å². The van der Waals surface area contributed by atoms with E-state index < -0.39 is 17.6 Å². The number of fused-ring (bicyclic) bond motifs is 1. The van der Waals surface area contributed by atoms with E-state index in [4.69, 9.17) is 4.74 Å². The van der Waals surface area contributed by atoms with E-state index in [9.17, 15) is 18.4 Å². The molecule has 2 fully saturated rings. The molecule has 3 aromatic rings. The number of hydrogen-bond donors (Lipinski definition) is 0. The van der Waals surface area contributed by atoms with Crippen molar-refractivity contribution in [2.24, 2.45) is 0 Å². The molecule has 2 aromatic heterocycles. The standard InChI is InChI=1S/C27H30F2N4O3/c1-31(10-9-21-7-8-26(34)33(21)20-5-6-20)14-18-16-32(15-17-3-4-19(28)11-23(17)29)25-13-30-24(12-22(18)25)27(35)36-2/h3-4,11-13,16,20-21H,5-10,14-15H2,1-2H3. The smallest absolute Gasteiger partial charge is 0.356 e. The quantitative estimate of drug-likeness (QED) is 0.417. The molecule has 0 spiro atoms. The van der Waals surface area contributed by atoms with Gasteiger partial charge in [-0.1, -0.05) is 6.07 Å². The minimum absolute atomic E-state index is 0.198. The fourth-order valence-corrected chi connectivity index (χ4v) is 5.21. The SMILES string of the molecule is COC(=O)c1cc2c(CN(C)CCC3CCC(=O)N3C3CC3)cn(Cc3ccc(F)cc3F)c2cn1. The maximum Gasteiger partial charge on any atom is 0.356 e. The Morgan fingerprint density at radius 2 is 2.00 bits per heavy atom. The highest BCUT2D eigenvalue weighted by Crippen LogP contribution is 2.35. The first kappa shape index (κ1) is 24.4. The fourth-order valence-electron chi connectivity index (χ4n) is 5.21. The molecule has 9 heteroatoms. The van der Waals surface area contributed by atoms with Crippen LogP contribution in [0.2, 0.25) is 0 Å². The zero-order valence-electron chi connectivity index (χ0n) is 20.5. The van der Waals surface area contributed by atoms with Crippen LogP contribution in [0.3, 0.4) is 0 Å². The summed E-state index contributed by atoms with van der Waals surface area (Å²) in [5, 5.41) is 0.829. The lowest BCUT2D eigenvalue weighted by atomic mass is 10.1. The van der Waals surface area contributed by atoms with E-state index in [1.165, 1.54) is 19.2 Å². The Labute approximate surface area is 208 Å². The van der Waals surface area contributed by atoms with Crippen LogP contribution < -0.4 is 0 Å². The molecule has 5 rings (SSSR count). The van der Waals surface area contributed by atoms with E-state index in [1.54, 1.807) is 12.3 Å². The molecule has 1 aromatic carbocycles. The van der Waals surface area contributed by atoms with Crippen LogP contribution in [0.5, 0.6) is 0 Å². The van der Waals surface area contributed by atoms with Crippen molar-refractivity contribution >= 4 is 22.8 Å². The second kappa shape index (κ2) is 9.97. The summed E-state index contributed by atoms with van der Waals surface area (Å²) in [7, 11) is 3.34. The third-order valence-electron chi connectivity index (χ3n) is 7.20. The molecule has 190 valence electrons. The predicted molar refractivity (Wildman–Crippen MR) is 130 cm³/mol. The fraction of sp³-hybridized carbons (Fsp3) is 0.444. The van der Waals surface area contributed by atoms with Crippen molar-refractivity contribution in [2.45, 2.75) is 57.3 Å². The molecule has 0 radical (unpaired) electrons. The average Bonchev–Trinajstić information content (AvgIpc) is 3.55. The lowest BCUT2D eigenvalue weighted by Gasteiger charge is -2.26. The van der Waals surface area contributed by atoms with Gasteiger partial charge in [0.25, 0.3) is 0 Å². The molecule has 1 amide bonds. The molecule has 0 bridgehead atoms. The Morgan fingerprint density at radius 3 is 2.72 bits per heavy atom. The van der Waals surface area contributed by atoms with Crippen LogP contribution in [-0.2, 0) is 22.6 Å². The van der Waals surface area contributed by atoms with E-state index in [1.807, 2.05) is 17.8 Å². The molecule has 1 unspecified atom stereocenters. The lowest BCUT2D eigenvalue weighted by molar-refractivity contribution is -0.129. The summed E-state index contributed by atoms with van der Waals surface area (Å²) in [6.07, 6.45) is 8.21.